The molecule has 0 saturated carbocycles. The minimum atomic E-state index is -0.191. The lowest BCUT2D eigenvalue weighted by atomic mass is 10.1. The zero-order valence-corrected chi connectivity index (χ0v) is 10.9. The second-order valence-electron chi connectivity index (χ2n) is 4.20. The molecule has 5 heteroatoms. The van der Waals surface area contributed by atoms with Gasteiger partial charge in [-0.25, -0.2) is 0 Å². The number of rotatable bonds is 6. The fraction of sp³-hybridized carbons (Fsp3) is 0.667. The molecule has 0 aromatic carbocycles. The summed E-state index contributed by atoms with van der Waals surface area (Å²) < 4.78 is 6.82. The van der Waals surface area contributed by atoms with E-state index in [0.29, 0.717) is 19.1 Å². The Bertz CT molecular complexity index is 360. The van der Waals surface area contributed by atoms with Gasteiger partial charge in [-0.3, -0.25) is 9.48 Å². The van der Waals surface area contributed by atoms with E-state index in [1.165, 1.54) is 0 Å². The van der Waals surface area contributed by atoms with Crippen LogP contribution in [-0.4, -0.2) is 29.4 Å². The maximum atomic E-state index is 11.4. The van der Waals surface area contributed by atoms with Crippen molar-refractivity contribution in [3.63, 3.8) is 0 Å². The molecule has 0 fully saturated rings. The van der Waals surface area contributed by atoms with Gasteiger partial charge in [0.05, 0.1) is 19.2 Å². The molecule has 1 aromatic rings. The Morgan fingerprint density at radius 1 is 1.59 bits per heavy atom. The van der Waals surface area contributed by atoms with E-state index in [9.17, 15) is 4.79 Å². The SMILES string of the molecule is CCOC(=O)CC(NC)c1cnn(C(C)C)c1. The molecule has 0 spiro atoms. The van der Waals surface area contributed by atoms with E-state index in [2.05, 4.69) is 24.3 Å². The van der Waals surface area contributed by atoms with E-state index in [1.807, 2.05) is 24.9 Å². The summed E-state index contributed by atoms with van der Waals surface area (Å²) in [6.45, 7) is 6.36. The topological polar surface area (TPSA) is 56.1 Å². The molecule has 1 rings (SSSR count). The summed E-state index contributed by atoms with van der Waals surface area (Å²) in [6, 6.07) is 0.283. The van der Waals surface area contributed by atoms with Crippen molar-refractivity contribution < 1.29 is 9.53 Å². The third kappa shape index (κ3) is 3.85. The number of nitrogens with one attached hydrogen (secondary N) is 1. The van der Waals surface area contributed by atoms with Gasteiger partial charge in [0.25, 0.3) is 0 Å². The van der Waals surface area contributed by atoms with E-state index in [-0.39, 0.29) is 12.0 Å². The Hall–Kier alpha value is -1.36. The number of carbonyl (C=O) groups is 1. The summed E-state index contributed by atoms with van der Waals surface area (Å²) in [7, 11) is 1.83. The van der Waals surface area contributed by atoms with Crippen molar-refractivity contribution in [3.8, 4) is 0 Å². The quantitative estimate of drug-likeness (QED) is 0.767. The molecule has 1 heterocycles. The van der Waals surface area contributed by atoms with E-state index in [4.69, 9.17) is 4.74 Å². The molecule has 1 unspecified atom stereocenters. The summed E-state index contributed by atoms with van der Waals surface area (Å²) in [5.41, 5.74) is 1.01. The molecule has 1 N–H and O–H groups in total. The fourth-order valence-electron chi connectivity index (χ4n) is 1.59. The average Bonchev–Trinajstić information content (AvgIpc) is 2.75. The van der Waals surface area contributed by atoms with Gasteiger partial charge < -0.3 is 10.1 Å². The minimum Gasteiger partial charge on any atom is -0.466 e. The highest BCUT2D eigenvalue weighted by atomic mass is 16.5. The molecule has 0 saturated heterocycles. The van der Waals surface area contributed by atoms with Crippen LogP contribution in [0.1, 0.15) is 44.8 Å². The van der Waals surface area contributed by atoms with Gasteiger partial charge in [-0.15, -0.1) is 0 Å². The highest BCUT2D eigenvalue weighted by Gasteiger charge is 2.17. The van der Waals surface area contributed by atoms with Gasteiger partial charge in [-0.1, -0.05) is 0 Å². The largest absolute Gasteiger partial charge is 0.466 e. The highest BCUT2D eigenvalue weighted by Crippen LogP contribution is 2.17. The lowest BCUT2D eigenvalue weighted by molar-refractivity contribution is -0.143. The Morgan fingerprint density at radius 3 is 2.76 bits per heavy atom. The van der Waals surface area contributed by atoms with Crippen molar-refractivity contribution in [3.05, 3.63) is 18.0 Å². The van der Waals surface area contributed by atoms with Crippen molar-refractivity contribution in [2.45, 2.75) is 39.3 Å². The zero-order chi connectivity index (χ0) is 12.8. The fourth-order valence-corrected chi connectivity index (χ4v) is 1.59. The van der Waals surface area contributed by atoms with Crippen molar-refractivity contribution in [2.24, 2.45) is 0 Å². The van der Waals surface area contributed by atoms with Crippen LogP contribution in [0, 0.1) is 0 Å². The van der Waals surface area contributed by atoms with Crippen LogP contribution in [0.3, 0.4) is 0 Å². The Labute approximate surface area is 102 Å². The molecule has 1 aromatic heterocycles. The van der Waals surface area contributed by atoms with Gasteiger partial charge in [0, 0.05) is 23.8 Å². The normalized spacial score (nSPS) is 12.8. The second-order valence-corrected chi connectivity index (χ2v) is 4.20. The van der Waals surface area contributed by atoms with E-state index in [0.717, 1.165) is 5.56 Å². The highest BCUT2D eigenvalue weighted by molar-refractivity contribution is 5.70. The molecule has 0 radical (unpaired) electrons. The molecule has 0 bridgehead atoms. The van der Waals surface area contributed by atoms with Crippen LogP contribution >= 0.6 is 0 Å². The first-order chi connectivity index (χ1) is 8.08. The first-order valence-electron chi connectivity index (χ1n) is 5.95. The second kappa shape index (κ2) is 6.39. The lowest BCUT2D eigenvalue weighted by Gasteiger charge is -2.13. The van der Waals surface area contributed by atoms with Crippen molar-refractivity contribution >= 4 is 5.97 Å². The summed E-state index contributed by atoms with van der Waals surface area (Å²) in [6.07, 6.45) is 4.08. The number of carbonyl (C=O) groups excluding carboxylic acids is 1. The number of hydrogen-bond donors (Lipinski definition) is 1. The van der Waals surface area contributed by atoms with Gasteiger partial charge in [-0.2, -0.15) is 5.10 Å². The Balaban J connectivity index is 2.68. The standard InChI is InChI=1S/C12H21N3O2/c1-5-17-12(16)6-11(13-4)10-7-14-15(8-10)9(2)3/h7-9,11,13H,5-6H2,1-4H3. The van der Waals surface area contributed by atoms with Gasteiger partial charge in [-0.05, 0) is 27.8 Å². The third-order valence-corrected chi connectivity index (χ3v) is 2.58. The molecule has 1 atom stereocenters. The molecule has 0 amide bonds. The summed E-state index contributed by atoms with van der Waals surface area (Å²) in [4.78, 5) is 11.4. The van der Waals surface area contributed by atoms with Crippen LogP contribution in [0.2, 0.25) is 0 Å². The van der Waals surface area contributed by atoms with E-state index in [1.54, 1.807) is 6.20 Å². The van der Waals surface area contributed by atoms with Gasteiger partial charge >= 0.3 is 5.97 Å². The number of nitrogens with zero attached hydrogens (tertiary/aromatic N) is 2. The van der Waals surface area contributed by atoms with E-state index >= 15 is 0 Å². The molecule has 0 aliphatic rings. The smallest absolute Gasteiger partial charge is 0.307 e. The summed E-state index contributed by atoms with van der Waals surface area (Å²) in [5, 5.41) is 7.37. The first kappa shape index (κ1) is 13.7. The maximum Gasteiger partial charge on any atom is 0.307 e. The van der Waals surface area contributed by atoms with Crippen LogP contribution < -0.4 is 5.32 Å². The zero-order valence-electron chi connectivity index (χ0n) is 10.9. The lowest BCUT2D eigenvalue weighted by Crippen LogP contribution is -2.20. The molecule has 5 nitrogen and oxygen atoms in total. The van der Waals surface area contributed by atoms with Crippen LogP contribution in [0.25, 0.3) is 0 Å². The minimum absolute atomic E-state index is 0.0402. The van der Waals surface area contributed by atoms with Crippen molar-refractivity contribution in [1.29, 1.82) is 0 Å². The first-order valence-corrected chi connectivity index (χ1v) is 5.95. The molecule has 17 heavy (non-hydrogen) atoms. The van der Waals surface area contributed by atoms with Crippen molar-refractivity contribution in [1.82, 2.24) is 15.1 Å². The summed E-state index contributed by atoms with van der Waals surface area (Å²) in [5.74, 6) is -0.191. The van der Waals surface area contributed by atoms with Gasteiger partial charge in [0.15, 0.2) is 0 Å². The predicted octanol–water partition coefficient (Wildman–Crippen LogP) is 1.68. The van der Waals surface area contributed by atoms with Gasteiger partial charge in [0.2, 0.25) is 0 Å². The summed E-state index contributed by atoms with van der Waals surface area (Å²) >= 11 is 0. The van der Waals surface area contributed by atoms with Crippen LogP contribution in [0.15, 0.2) is 12.4 Å². The monoisotopic (exact) mass is 239 g/mol. The number of esters is 1. The molecular formula is C12H21N3O2. The average molecular weight is 239 g/mol. The molecule has 96 valence electrons. The number of ether oxygens (including phenoxy) is 1. The molecular weight excluding hydrogens is 218 g/mol. The number of hydrogen-bond acceptors (Lipinski definition) is 4. The third-order valence-electron chi connectivity index (χ3n) is 2.58. The predicted molar refractivity (Wildman–Crippen MR) is 65.7 cm³/mol. The van der Waals surface area contributed by atoms with Crippen LogP contribution in [-0.2, 0) is 9.53 Å². The van der Waals surface area contributed by atoms with Crippen molar-refractivity contribution in [2.75, 3.05) is 13.7 Å². The Kier molecular flexibility index (Phi) is 5.15. The number of aromatic nitrogens is 2. The maximum absolute atomic E-state index is 11.4. The van der Waals surface area contributed by atoms with E-state index < -0.39 is 0 Å². The molecule has 0 aliphatic heterocycles. The Morgan fingerprint density at radius 2 is 2.29 bits per heavy atom. The van der Waals surface area contributed by atoms with Crippen LogP contribution in [0.5, 0.6) is 0 Å². The molecule has 0 aliphatic carbocycles. The van der Waals surface area contributed by atoms with Crippen LogP contribution in [0.4, 0.5) is 0 Å². The van der Waals surface area contributed by atoms with Gasteiger partial charge in [0.1, 0.15) is 0 Å².